The number of hydrogen-bond donors (Lipinski definition) is 0. The molecule has 80 valence electrons. The molecule has 0 spiro atoms. The van der Waals surface area contributed by atoms with Gasteiger partial charge in [-0.25, -0.2) is 9.59 Å². The highest BCUT2D eigenvalue weighted by molar-refractivity contribution is 5.61. The minimum absolute atomic E-state index is 0.161. The van der Waals surface area contributed by atoms with Crippen molar-refractivity contribution in [1.29, 1.82) is 0 Å². The Balaban J connectivity index is 3.85. The summed E-state index contributed by atoms with van der Waals surface area (Å²) in [6, 6.07) is 0. The standard InChI is InChI=1S/C8H12O6/c1-4-6(14-8(10)12-3)5-13-7(9)11-2/h4,6H,1,5H2,2-3H3. The molecule has 0 heterocycles. The number of methoxy groups -OCH3 is 2. The smallest absolute Gasteiger partial charge is 0.438 e. The number of carbonyl (C=O) groups excluding carboxylic acids is 2. The van der Waals surface area contributed by atoms with Gasteiger partial charge in [-0.05, 0) is 6.08 Å². The molecule has 0 radical (unpaired) electrons. The molecular weight excluding hydrogens is 192 g/mol. The van der Waals surface area contributed by atoms with E-state index in [4.69, 9.17) is 0 Å². The highest BCUT2D eigenvalue weighted by atomic mass is 16.7. The van der Waals surface area contributed by atoms with E-state index < -0.39 is 18.4 Å². The maximum Gasteiger partial charge on any atom is 0.508 e. The molecule has 0 aliphatic carbocycles. The fourth-order valence-electron chi connectivity index (χ4n) is 0.531. The van der Waals surface area contributed by atoms with E-state index in [1.807, 2.05) is 0 Å². The first-order valence-corrected chi connectivity index (χ1v) is 3.72. The number of hydrogen-bond acceptors (Lipinski definition) is 6. The first-order valence-electron chi connectivity index (χ1n) is 3.72. The van der Waals surface area contributed by atoms with Crippen LogP contribution in [0.25, 0.3) is 0 Å². The molecular formula is C8H12O6. The van der Waals surface area contributed by atoms with Crippen LogP contribution in [0.3, 0.4) is 0 Å². The van der Waals surface area contributed by atoms with Gasteiger partial charge in [-0.3, -0.25) is 0 Å². The molecule has 14 heavy (non-hydrogen) atoms. The van der Waals surface area contributed by atoms with Crippen molar-refractivity contribution in [3.8, 4) is 0 Å². The van der Waals surface area contributed by atoms with Crippen molar-refractivity contribution in [3.63, 3.8) is 0 Å². The van der Waals surface area contributed by atoms with E-state index in [0.29, 0.717) is 0 Å². The summed E-state index contributed by atoms with van der Waals surface area (Å²) in [7, 11) is 2.34. The molecule has 1 unspecified atom stereocenters. The molecule has 0 saturated heterocycles. The van der Waals surface area contributed by atoms with Crippen LogP contribution < -0.4 is 0 Å². The minimum atomic E-state index is -0.872. The molecule has 0 aliphatic rings. The summed E-state index contributed by atoms with van der Waals surface area (Å²) in [4.78, 5) is 21.2. The van der Waals surface area contributed by atoms with E-state index in [1.165, 1.54) is 20.3 Å². The van der Waals surface area contributed by atoms with E-state index in [9.17, 15) is 9.59 Å². The van der Waals surface area contributed by atoms with Crippen LogP contribution in [0.4, 0.5) is 9.59 Å². The van der Waals surface area contributed by atoms with Gasteiger partial charge in [0.05, 0.1) is 14.2 Å². The van der Waals surface area contributed by atoms with E-state index in [-0.39, 0.29) is 6.61 Å². The second-order valence-corrected chi connectivity index (χ2v) is 2.11. The fraction of sp³-hybridized carbons (Fsp3) is 0.500. The quantitative estimate of drug-likeness (QED) is 0.504. The van der Waals surface area contributed by atoms with E-state index in [2.05, 4.69) is 25.5 Å². The van der Waals surface area contributed by atoms with Gasteiger partial charge in [-0.1, -0.05) is 6.58 Å². The normalized spacial score (nSPS) is 11.0. The van der Waals surface area contributed by atoms with Crippen LogP contribution in [0.15, 0.2) is 12.7 Å². The predicted octanol–water partition coefficient (Wildman–Crippen LogP) is 1.11. The van der Waals surface area contributed by atoms with Crippen LogP contribution in [0, 0.1) is 0 Å². The summed E-state index contributed by atoms with van der Waals surface area (Å²) in [5.74, 6) is 0. The molecule has 0 fully saturated rings. The molecule has 0 saturated carbocycles. The van der Waals surface area contributed by atoms with Gasteiger partial charge in [0.15, 0.2) is 6.10 Å². The molecule has 0 rings (SSSR count). The zero-order valence-electron chi connectivity index (χ0n) is 8.02. The van der Waals surface area contributed by atoms with Crippen LogP contribution in [0.5, 0.6) is 0 Å². The Morgan fingerprint density at radius 2 is 1.86 bits per heavy atom. The third kappa shape index (κ3) is 5.02. The molecule has 0 aliphatic heterocycles. The molecule has 0 bridgehead atoms. The molecule has 6 heteroatoms. The van der Waals surface area contributed by atoms with E-state index in [0.717, 1.165) is 0 Å². The van der Waals surface area contributed by atoms with E-state index in [1.54, 1.807) is 0 Å². The molecule has 0 aromatic heterocycles. The number of rotatable bonds is 4. The number of carbonyl (C=O) groups is 2. The van der Waals surface area contributed by atoms with Crippen molar-refractivity contribution >= 4 is 12.3 Å². The highest BCUT2D eigenvalue weighted by Gasteiger charge is 2.13. The summed E-state index contributed by atoms with van der Waals surface area (Å²) in [5, 5.41) is 0. The van der Waals surface area contributed by atoms with Gasteiger partial charge in [0.2, 0.25) is 0 Å². The second-order valence-electron chi connectivity index (χ2n) is 2.11. The second kappa shape index (κ2) is 6.76. The summed E-state index contributed by atoms with van der Waals surface area (Å²) in [6.07, 6.45) is -1.17. The Hall–Kier alpha value is -1.72. The molecule has 0 amide bonds. The van der Waals surface area contributed by atoms with Crippen LogP contribution >= 0.6 is 0 Å². The Bertz CT molecular complexity index is 212. The fourth-order valence-corrected chi connectivity index (χ4v) is 0.531. The Labute approximate surface area is 81.4 Å². The average molecular weight is 204 g/mol. The molecule has 6 nitrogen and oxygen atoms in total. The Morgan fingerprint density at radius 3 is 2.29 bits per heavy atom. The van der Waals surface area contributed by atoms with Gasteiger partial charge in [0.25, 0.3) is 0 Å². The van der Waals surface area contributed by atoms with Crippen molar-refractivity contribution in [1.82, 2.24) is 0 Å². The molecule has 0 aromatic rings. The van der Waals surface area contributed by atoms with Crippen molar-refractivity contribution in [2.24, 2.45) is 0 Å². The van der Waals surface area contributed by atoms with Gasteiger partial charge < -0.3 is 18.9 Å². The first kappa shape index (κ1) is 12.3. The summed E-state index contributed by atoms with van der Waals surface area (Å²) < 4.78 is 17.6. The van der Waals surface area contributed by atoms with Gasteiger partial charge in [-0.15, -0.1) is 0 Å². The van der Waals surface area contributed by atoms with Crippen LogP contribution in [-0.2, 0) is 18.9 Å². The van der Waals surface area contributed by atoms with Crippen LogP contribution in [0.2, 0.25) is 0 Å². The third-order valence-corrected chi connectivity index (χ3v) is 1.21. The average Bonchev–Trinajstić information content (AvgIpc) is 2.22. The third-order valence-electron chi connectivity index (χ3n) is 1.21. The maximum absolute atomic E-state index is 10.6. The van der Waals surface area contributed by atoms with Crippen molar-refractivity contribution in [2.45, 2.75) is 6.10 Å². The highest BCUT2D eigenvalue weighted by Crippen LogP contribution is 1.98. The van der Waals surface area contributed by atoms with Crippen molar-refractivity contribution < 1.29 is 28.5 Å². The van der Waals surface area contributed by atoms with Gasteiger partial charge in [0.1, 0.15) is 6.61 Å². The molecule has 0 N–H and O–H groups in total. The maximum atomic E-state index is 10.6. The zero-order valence-corrected chi connectivity index (χ0v) is 8.02. The number of ether oxygens (including phenoxy) is 4. The largest absolute Gasteiger partial charge is 0.508 e. The zero-order chi connectivity index (χ0) is 11.0. The lowest BCUT2D eigenvalue weighted by Crippen LogP contribution is -2.23. The summed E-state index contributed by atoms with van der Waals surface area (Å²) >= 11 is 0. The topological polar surface area (TPSA) is 71.1 Å². The molecule has 0 aromatic carbocycles. The van der Waals surface area contributed by atoms with Gasteiger partial charge in [0, 0.05) is 0 Å². The predicted molar refractivity (Wildman–Crippen MR) is 45.8 cm³/mol. The van der Waals surface area contributed by atoms with Crippen molar-refractivity contribution in [2.75, 3.05) is 20.8 Å². The lowest BCUT2D eigenvalue weighted by Gasteiger charge is -2.12. The van der Waals surface area contributed by atoms with Gasteiger partial charge in [-0.2, -0.15) is 0 Å². The van der Waals surface area contributed by atoms with Crippen LogP contribution in [-0.4, -0.2) is 39.2 Å². The Kier molecular flexibility index (Phi) is 5.93. The molecule has 1 atom stereocenters. The Morgan fingerprint density at radius 1 is 1.29 bits per heavy atom. The minimum Gasteiger partial charge on any atom is -0.438 e. The summed E-state index contributed by atoms with van der Waals surface area (Å²) in [6.45, 7) is 3.23. The van der Waals surface area contributed by atoms with Gasteiger partial charge >= 0.3 is 12.3 Å². The SMILES string of the molecule is C=CC(COC(=O)OC)OC(=O)OC. The first-order chi connectivity index (χ1) is 6.63. The van der Waals surface area contributed by atoms with Crippen LogP contribution in [0.1, 0.15) is 0 Å². The van der Waals surface area contributed by atoms with Crippen molar-refractivity contribution in [3.05, 3.63) is 12.7 Å². The summed E-state index contributed by atoms with van der Waals surface area (Å²) in [5.41, 5.74) is 0. The lowest BCUT2D eigenvalue weighted by atomic mass is 10.4. The lowest BCUT2D eigenvalue weighted by molar-refractivity contribution is 0.00976. The monoisotopic (exact) mass is 204 g/mol. The van der Waals surface area contributed by atoms with E-state index >= 15 is 0 Å².